The van der Waals surface area contributed by atoms with E-state index in [0.717, 1.165) is 50.0 Å². The van der Waals surface area contributed by atoms with Crippen molar-refractivity contribution in [3.63, 3.8) is 0 Å². The molecule has 3 rings (SSSR count). The van der Waals surface area contributed by atoms with E-state index in [2.05, 4.69) is 5.32 Å². The lowest BCUT2D eigenvalue weighted by Gasteiger charge is -2.32. The Labute approximate surface area is 173 Å². The smallest absolute Gasteiger partial charge is 0.253 e. The van der Waals surface area contributed by atoms with Crippen LogP contribution in [0.5, 0.6) is 0 Å². The van der Waals surface area contributed by atoms with Crippen LogP contribution in [0.25, 0.3) is 6.08 Å². The summed E-state index contributed by atoms with van der Waals surface area (Å²) in [6.45, 7) is 2.40. The van der Waals surface area contributed by atoms with Gasteiger partial charge in [-0.15, -0.1) is 0 Å². The highest BCUT2D eigenvalue weighted by Gasteiger charge is 2.23. The van der Waals surface area contributed by atoms with Gasteiger partial charge in [-0.05, 0) is 55.5 Å². The minimum atomic E-state index is -0.0427. The van der Waals surface area contributed by atoms with E-state index in [0.29, 0.717) is 12.5 Å². The third kappa shape index (κ3) is 6.34. The molecule has 29 heavy (non-hydrogen) atoms. The van der Waals surface area contributed by atoms with Gasteiger partial charge in [0, 0.05) is 50.2 Å². The zero-order chi connectivity index (χ0) is 20.5. The van der Waals surface area contributed by atoms with Crippen LogP contribution in [0.2, 0.25) is 0 Å². The van der Waals surface area contributed by atoms with Crippen molar-refractivity contribution in [1.29, 1.82) is 0 Å². The first-order valence-electron chi connectivity index (χ1n) is 10.5. The summed E-state index contributed by atoms with van der Waals surface area (Å²) in [6, 6.07) is 13.5. The maximum Gasteiger partial charge on any atom is 0.253 e. The van der Waals surface area contributed by atoms with Crippen LogP contribution in [0, 0.1) is 5.92 Å². The number of hydrogen-bond donors (Lipinski definition) is 1. The highest BCUT2D eigenvalue weighted by atomic mass is 16.2. The largest absolute Gasteiger partial charge is 0.353 e. The fraction of sp³-hybridized carbons (Fsp3) is 0.417. The first kappa shape index (κ1) is 20.9. The minimum Gasteiger partial charge on any atom is -0.353 e. The van der Waals surface area contributed by atoms with E-state index < -0.39 is 0 Å². The van der Waals surface area contributed by atoms with Gasteiger partial charge in [-0.1, -0.05) is 31.0 Å². The Hall–Kier alpha value is -2.82. The summed E-state index contributed by atoms with van der Waals surface area (Å²) in [5, 5.41) is 2.95. The predicted molar refractivity (Wildman–Crippen MR) is 116 cm³/mol. The molecule has 0 radical (unpaired) electrons. The van der Waals surface area contributed by atoms with E-state index >= 15 is 0 Å². The number of rotatable bonds is 8. The number of carbonyl (C=O) groups excluding carboxylic acids is 2. The normalized spacial score (nSPS) is 15.0. The molecule has 0 saturated carbocycles. The topological polar surface area (TPSA) is 54.3 Å². The van der Waals surface area contributed by atoms with Gasteiger partial charge in [0.2, 0.25) is 5.91 Å². The number of benzene rings is 1. The summed E-state index contributed by atoms with van der Waals surface area (Å²) in [5.74, 6) is 0.789. The van der Waals surface area contributed by atoms with Crippen molar-refractivity contribution in [2.75, 3.05) is 19.6 Å². The lowest BCUT2D eigenvalue weighted by molar-refractivity contribution is -0.116. The van der Waals surface area contributed by atoms with Crippen LogP contribution in [0.15, 0.2) is 54.7 Å². The molecule has 154 valence electrons. The highest BCUT2D eigenvalue weighted by molar-refractivity contribution is 5.94. The van der Waals surface area contributed by atoms with Crippen molar-refractivity contribution >= 4 is 17.9 Å². The molecule has 1 aromatic carbocycles. The number of carbonyl (C=O) groups is 2. The number of hydrogen-bond acceptors (Lipinski definition) is 2. The first-order chi connectivity index (χ1) is 14.1. The Morgan fingerprint density at radius 3 is 2.52 bits per heavy atom. The number of aromatic nitrogens is 1. The van der Waals surface area contributed by atoms with Gasteiger partial charge in [0.1, 0.15) is 0 Å². The number of amides is 2. The number of nitrogens with zero attached hydrogens (tertiary/aromatic N) is 2. The van der Waals surface area contributed by atoms with Gasteiger partial charge >= 0.3 is 0 Å². The molecule has 0 unspecified atom stereocenters. The molecule has 1 saturated heterocycles. The maximum absolute atomic E-state index is 12.5. The Morgan fingerprint density at radius 2 is 1.83 bits per heavy atom. The Kier molecular flexibility index (Phi) is 7.68. The summed E-state index contributed by atoms with van der Waals surface area (Å²) in [7, 11) is 1.96. The van der Waals surface area contributed by atoms with Gasteiger partial charge in [0.25, 0.3) is 5.91 Å². The number of piperidine rings is 1. The second-order valence-electron chi connectivity index (χ2n) is 7.77. The molecular weight excluding hydrogens is 362 g/mol. The zero-order valence-corrected chi connectivity index (χ0v) is 17.2. The van der Waals surface area contributed by atoms with Crippen LogP contribution in [0.4, 0.5) is 0 Å². The summed E-state index contributed by atoms with van der Waals surface area (Å²) in [6.07, 6.45) is 10.8. The quantitative estimate of drug-likeness (QED) is 0.547. The average Bonchev–Trinajstić information content (AvgIpc) is 3.17. The lowest BCUT2D eigenvalue weighted by Crippen LogP contribution is -2.38. The molecule has 2 aromatic rings. The minimum absolute atomic E-state index is 0.0427. The SMILES string of the molecule is Cn1cccc1/C=C/C(=O)NCCCCC1CCN(C(=O)c2ccccc2)CC1. The van der Waals surface area contributed by atoms with Crippen molar-refractivity contribution in [2.45, 2.75) is 32.1 Å². The molecule has 1 fully saturated rings. The van der Waals surface area contributed by atoms with E-state index in [9.17, 15) is 9.59 Å². The fourth-order valence-corrected chi connectivity index (χ4v) is 3.83. The van der Waals surface area contributed by atoms with Crippen molar-refractivity contribution in [3.05, 3.63) is 66.0 Å². The molecule has 5 nitrogen and oxygen atoms in total. The van der Waals surface area contributed by atoms with Crippen LogP contribution in [0.1, 0.15) is 48.2 Å². The van der Waals surface area contributed by atoms with E-state index in [1.807, 2.05) is 71.3 Å². The van der Waals surface area contributed by atoms with Gasteiger partial charge in [-0.2, -0.15) is 0 Å². The molecule has 0 bridgehead atoms. The second-order valence-corrected chi connectivity index (χ2v) is 7.77. The third-order valence-electron chi connectivity index (χ3n) is 5.65. The fourth-order valence-electron chi connectivity index (χ4n) is 3.83. The van der Waals surface area contributed by atoms with Crippen LogP contribution >= 0.6 is 0 Å². The van der Waals surface area contributed by atoms with E-state index in [4.69, 9.17) is 0 Å². The summed E-state index contributed by atoms with van der Waals surface area (Å²) in [4.78, 5) is 26.4. The Bertz CT molecular complexity index is 818. The first-order valence-corrected chi connectivity index (χ1v) is 10.5. The number of unbranched alkanes of at least 4 members (excludes halogenated alkanes) is 1. The molecule has 2 heterocycles. The molecule has 0 aliphatic carbocycles. The molecule has 0 spiro atoms. The summed E-state index contributed by atoms with van der Waals surface area (Å²) in [5.41, 5.74) is 1.79. The van der Waals surface area contributed by atoms with Crippen molar-refractivity contribution in [3.8, 4) is 0 Å². The summed E-state index contributed by atoms with van der Waals surface area (Å²) >= 11 is 0. The highest BCUT2D eigenvalue weighted by Crippen LogP contribution is 2.23. The van der Waals surface area contributed by atoms with Crippen molar-refractivity contribution in [1.82, 2.24) is 14.8 Å². The van der Waals surface area contributed by atoms with Gasteiger partial charge in [-0.3, -0.25) is 9.59 Å². The van der Waals surface area contributed by atoms with Crippen LogP contribution in [-0.2, 0) is 11.8 Å². The van der Waals surface area contributed by atoms with Gasteiger partial charge < -0.3 is 14.8 Å². The lowest BCUT2D eigenvalue weighted by atomic mass is 9.91. The molecule has 1 N–H and O–H groups in total. The molecule has 2 amide bonds. The van der Waals surface area contributed by atoms with Crippen molar-refractivity contribution < 1.29 is 9.59 Å². The van der Waals surface area contributed by atoms with E-state index in [-0.39, 0.29) is 11.8 Å². The van der Waals surface area contributed by atoms with Crippen LogP contribution in [0.3, 0.4) is 0 Å². The van der Waals surface area contributed by atoms with Gasteiger partial charge in [0.15, 0.2) is 0 Å². The van der Waals surface area contributed by atoms with E-state index in [1.165, 1.54) is 6.42 Å². The summed E-state index contributed by atoms with van der Waals surface area (Å²) < 4.78 is 1.97. The third-order valence-corrected chi connectivity index (χ3v) is 5.65. The average molecular weight is 394 g/mol. The van der Waals surface area contributed by atoms with Crippen LogP contribution in [-0.4, -0.2) is 40.9 Å². The number of aryl methyl sites for hydroxylation is 1. The monoisotopic (exact) mass is 393 g/mol. The number of nitrogens with one attached hydrogen (secondary N) is 1. The molecule has 5 heteroatoms. The number of likely N-dealkylation sites (tertiary alicyclic amines) is 1. The Balaban J connectivity index is 1.27. The van der Waals surface area contributed by atoms with Crippen LogP contribution < -0.4 is 5.32 Å². The standard InChI is InChI=1S/C24H31N3O2/c1-26-17-7-11-22(26)12-13-23(28)25-16-6-5-8-20-14-18-27(19-15-20)24(29)21-9-3-2-4-10-21/h2-4,7,9-13,17,20H,5-6,8,14-16,18-19H2,1H3,(H,25,28)/b13-12+. The molecule has 0 atom stereocenters. The van der Waals surface area contributed by atoms with Gasteiger partial charge in [-0.25, -0.2) is 0 Å². The second kappa shape index (κ2) is 10.6. The molecule has 1 aromatic heterocycles. The van der Waals surface area contributed by atoms with Crippen molar-refractivity contribution in [2.24, 2.45) is 13.0 Å². The zero-order valence-electron chi connectivity index (χ0n) is 17.2. The molecular formula is C24H31N3O2. The van der Waals surface area contributed by atoms with E-state index in [1.54, 1.807) is 6.08 Å². The molecule has 1 aliphatic rings. The Morgan fingerprint density at radius 1 is 1.07 bits per heavy atom. The van der Waals surface area contributed by atoms with Gasteiger partial charge in [0.05, 0.1) is 0 Å². The maximum atomic E-state index is 12.5. The predicted octanol–water partition coefficient (Wildman–Crippen LogP) is 3.88. The molecule has 1 aliphatic heterocycles.